The average molecular weight is 486 g/mol. The van der Waals surface area contributed by atoms with Crippen LogP contribution in [0.1, 0.15) is 11.1 Å². The van der Waals surface area contributed by atoms with E-state index in [0.29, 0.717) is 24.7 Å². The molecule has 0 saturated carbocycles. The van der Waals surface area contributed by atoms with Crippen LogP contribution >= 0.6 is 0 Å². The van der Waals surface area contributed by atoms with Gasteiger partial charge in [-0.15, -0.1) is 0 Å². The fourth-order valence-electron chi connectivity index (χ4n) is 3.94. The third kappa shape index (κ3) is 9.85. The molecule has 1 heterocycles. The average Bonchev–Trinajstić information content (AvgIpc) is 2.87. The van der Waals surface area contributed by atoms with Gasteiger partial charge in [0.05, 0.1) is 19.3 Å². The first-order valence-electron chi connectivity index (χ1n) is 12.3. The number of likely N-dealkylation sites (N-methyl/N-ethyl adjacent to an activating group) is 1. The summed E-state index contributed by atoms with van der Waals surface area (Å²) in [6.45, 7) is 8.15. The molecular weight excluding hydrogens is 446 g/mol. The van der Waals surface area contributed by atoms with Gasteiger partial charge in [-0.2, -0.15) is 0 Å². The third-order valence-electron chi connectivity index (χ3n) is 6.06. The van der Waals surface area contributed by atoms with E-state index in [1.807, 2.05) is 37.4 Å². The van der Waals surface area contributed by atoms with Crippen molar-refractivity contribution in [2.75, 3.05) is 72.7 Å². The maximum absolute atomic E-state index is 12.3. The number of hydrogen-bond acceptors (Lipinski definition) is 7. The van der Waals surface area contributed by atoms with Crippen molar-refractivity contribution < 1.29 is 24.1 Å². The molecule has 1 amide bonds. The van der Waals surface area contributed by atoms with E-state index in [0.717, 1.165) is 45.8 Å². The van der Waals surface area contributed by atoms with Crippen molar-refractivity contribution in [3.05, 3.63) is 59.7 Å². The molecule has 2 aromatic rings. The number of aryl methyl sites for hydroxylation is 1. The first-order valence-corrected chi connectivity index (χ1v) is 12.3. The molecule has 0 aliphatic carbocycles. The third-order valence-corrected chi connectivity index (χ3v) is 6.06. The summed E-state index contributed by atoms with van der Waals surface area (Å²) < 4.78 is 16.9. The van der Waals surface area contributed by atoms with Crippen molar-refractivity contribution in [2.45, 2.75) is 19.4 Å². The number of aliphatic hydroxyl groups excluding tert-OH is 1. The van der Waals surface area contributed by atoms with E-state index < -0.39 is 6.10 Å². The lowest BCUT2D eigenvalue weighted by Crippen LogP contribution is -2.40. The largest absolute Gasteiger partial charge is 0.488 e. The normalized spacial score (nSPS) is 15.1. The fraction of sp³-hybridized carbons (Fsp3) is 0.519. The molecule has 1 aliphatic heterocycles. The zero-order valence-electron chi connectivity index (χ0n) is 20.9. The quantitative estimate of drug-likeness (QED) is 0.422. The Kier molecular flexibility index (Phi) is 11.3. The maximum Gasteiger partial charge on any atom is 0.258 e. The maximum atomic E-state index is 12.3. The highest BCUT2D eigenvalue weighted by molar-refractivity contribution is 5.77. The molecule has 2 aromatic carbocycles. The van der Waals surface area contributed by atoms with E-state index in [1.165, 1.54) is 11.1 Å². The number of nitrogens with one attached hydrogen (secondary N) is 1. The lowest BCUT2D eigenvalue weighted by molar-refractivity contribution is -0.123. The van der Waals surface area contributed by atoms with Gasteiger partial charge in [0.25, 0.3) is 5.91 Å². The Morgan fingerprint density at radius 2 is 1.80 bits per heavy atom. The Hall–Kier alpha value is -2.65. The van der Waals surface area contributed by atoms with E-state index in [4.69, 9.17) is 14.2 Å². The molecule has 3 rings (SSSR count). The van der Waals surface area contributed by atoms with Gasteiger partial charge in [-0.1, -0.05) is 36.4 Å². The van der Waals surface area contributed by atoms with Crippen molar-refractivity contribution >= 4 is 5.91 Å². The number of carbonyl (C=O) groups excluding carboxylic acids is 1. The Morgan fingerprint density at radius 1 is 1.11 bits per heavy atom. The molecule has 2 N–H and O–H groups in total. The molecule has 1 saturated heterocycles. The molecule has 0 bridgehead atoms. The van der Waals surface area contributed by atoms with Gasteiger partial charge in [0.1, 0.15) is 6.61 Å². The standard InChI is InChI=1S/C27H39N3O5/c1-22-7-3-4-8-23(22)11-12-29(2)20-24(31)19-28-27(32)21-35-26-10-6-5-9-25(26)34-18-15-30-13-16-33-17-14-30/h3-10,24,31H,11-21H2,1-2H3,(H,28,32)/t24-/m1/s1. The topological polar surface area (TPSA) is 83.5 Å². The van der Waals surface area contributed by atoms with Gasteiger partial charge in [-0.3, -0.25) is 9.69 Å². The number of nitrogens with zero attached hydrogens (tertiary/aromatic N) is 2. The minimum atomic E-state index is -0.656. The van der Waals surface area contributed by atoms with Crippen molar-refractivity contribution in [3.8, 4) is 11.5 Å². The molecular formula is C27H39N3O5. The fourth-order valence-corrected chi connectivity index (χ4v) is 3.94. The molecule has 0 radical (unpaired) electrons. The van der Waals surface area contributed by atoms with Crippen LogP contribution in [-0.2, 0) is 16.0 Å². The number of benzene rings is 2. The Labute approximate surface area is 208 Å². The summed E-state index contributed by atoms with van der Waals surface area (Å²) in [5.74, 6) is 0.861. The van der Waals surface area contributed by atoms with Crippen molar-refractivity contribution in [3.63, 3.8) is 0 Å². The predicted molar refractivity (Wildman–Crippen MR) is 136 cm³/mol. The lowest BCUT2D eigenvalue weighted by atomic mass is 10.1. The monoisotopic (exact) mass is 485 g/mol. The molecule has 0 aromatic heterocycles. The van der Waals surface area contributed by atoms with Crippen LogP contribution in [0.4, 0.5) is 0 Å². The summed E-state index contributed by atoms with van der Waals surface area (Å²) in [6.07, 6.45) is 0.265. The van der Waals surface area contributed by atoms with E-state index in [-0.39, 0.29) is 19.1 Å². The van der Waals surface area contributed by atoms with Gasteiger partial charge >= 0.3 is 0 Å². The molecule has 0 unspecified atom stereocenters. The van der Waals surface area contributed by atoms with Crippen LogP contribution in [0.25, 0.3) is 0 Å². The van der Waals surface area contributed by atoms with Crippen LogP contribution < -0.4 is 14.8 Å². The van der Waals surface area contributed by atoms with Crippen molar-refractivity contribution in [2.24, 2.45) is 0 Å². The smallest absolute Gasteiger partial charge is 0.258 e. The second-order valence-corrected chi connectivity index (χ2v) is 8.93. The first kappa shape index (κ1) is 26.9. The van der Waals surface area contributed by atoms with Gasteiger partial charge in [0.2, 0.25) is 0 Å². The van der Waals surface area contributed by atoms with Crippen LogP contribution in [0.5, 0.6) is 11.5 Å². The number of carbonyl (C=O) groups is 1. The van der Waals surface area contributed by atoms with E-state index >= 15 is 0 Å². The number of rotatable bonds is 14. The predicted octanol–water partition coefficient (Wildman–Crippen LogP) is 1.74. The second kappa shape index (κ2) is 14.7. The molecule has 8 nitrogen and oxygen atoms in total. The number of para-hydroxylation sites is 2. The highest BCUT2D eigenvalue weighted by Gasteiger charge is 2.13. The van der Waals surface area contributed by atoms with Crippen LogP contribution in [0.2, 0.25) is 0 Å². The summed E-state index contributed by atoms with van der Waals surface area (Å²) in [6, 6.07) is 15.7. The zero-order chi connectivity index (χ0) is 24.9. The molecule has 1 atom stereocenters. The van der Waals surface area contributed by atoms with Crippen LogP contribution in [-0.4, -0.2) is 99.7 Å². The Balaban J connectivity index is 1.32. The number of ether oxygens (including phenoxy) is 3. The second-order valence-electron chi connectivity index (χ2n) is 8.93. The van der Waals surface area contributed by atoms with E-state index in [9.17, 15) is 9.90 Å². The van der Waals surface area contributed by atoms with E-state index in [1.54, 1.807) is 6.07 Å². The van der Waals surface area contributed by atoms with Gasteiger partial charge < -0.3 is 29.5 Å². The molecule has 0 spiro atoms. The van der Waals surface area contributed by atoms with Gasteiger partial charge in [0.15, 0.2) is 18.1 Å². The van der Waals surface area contributed by atoms with Gasteiger partial charge in [0, 0.05) is 39.3 Å². The van der Waals surface area contributed by atoms with E-state index in [2.05, 4.69) is 34.2 Å². The minimum absolute atomic E-state index is 0.139. The SMILES string of the molecule is Cc1ccccc1CCN(C)C[C@H](O)CNC(=O)COc1ccccc1OCCN1CCOCC1. The summed E-state index contributed by atoms with van der Waals surface area (Å²) in [5, 5.41) is 13.1. The summed E-state index contributed by atoms with van der Waals surface area (Å²) in [5.41, 5.74) is 2.59. The zero-order valence-corrected chi connectivity index (χ0v) is 20.9. The highest BCUT2D eigenvalue weighted by Crippen LogP contribution is 2.26. The molecule has 8 heteroatoms. The molecule has 1 fully saturated rings. The Morgan fingerprint density at radius 3 is 2.54 bits per heavy atom. The van der Waals surface area contributed by atoms with Crippen LogP contribution in [0.3, 0.4) is 0 Å². The van der Waals surface area contributed by atoms with Crippen LogP contribution in [0, 0.1) is 6.92 Å². The first-order chi connectivity index (χ1) is 17.0. The van der Waals surface area contributed by atoms with Crippen molar-refractivity contribution in [1.82, 2.24) is 15.1 Å². The molecule has 192 valence electrons. The molecule has 35 heavy (non-hydrogen) atoms. The van der Waals surface area contributed by atoms with Gasteiger partial charge in [-0.05, 0) is 43.7 Å². The minimum Gasteiger partial charge on any atom is -0.488 e. The highest BCUT2D eigenvalue weighted by atomic mass is 16.5. The summed E-state index contributed by atoms with van der Waals surface area (Å²) >= 11 is 0. The summed E-state index contributed by atoms with van der Waals surface area (Å²) in [7, 11) is 1.97. The lowest BCUT2D eigenvalue weighted by Gasteiger charge is -2.26. The molecule has 1 aliphatic rings. The van der Waals surface area contributed by atoms with Gasteiger partial charge in [-0.25, -0.2) is 0 Å². The number of hydrogen-bond donors (Lipinski definition) is 2. The number of morpholine rings is 1. The number of amides is 1. The summed E-state index contributed by atoms with van der Waals surface area (Å²) in [4.78, 5) is 16.6. The van der Waals surface area contributed by atoms with Crippen molar-refractivity contribution in [1.29, 1.82) is 0 Å². The number of aliphatic hydroxyl groups is 1. The van der Waals surface area contributed by atoms with Crippen LogP contribution in [0.15, 0.2) is 48.5 Å². The Bertz CT molecular complexity index is 904.